The van der Waals surface area contributed by atoms with Gasteiger partial charge in [-0.05, 0) is 43.5 Å². The average molecular weight is 284 g/mol. The minimum Gasteiger partial charge on any atom is -0.313 e. The number of nitrogens with one attached hydrogen (secondary N) is 1. The Kier molecular flexibility index (Phi) is 4.75. The number of rotatable bonds is 5. The quantitative estimate of drug-likeness (QED) is 0.856. The highest BCUT2D eigenvalue weighted by molar-refractivity contribution is 7.09. The fraction of sp³-hybridized carbons (Fsp3) is 0.286. The van der Waals surface area contributed by atoms with Crippen molar-refractivity contribution in [1.82, 2.24) is 5.32 Å². The molecule has 0 aliphatic rings. The van der Waals surface area contributed by atoms with Crippen LogP contribution in [0.2, 0.25) is 5.02 Å². The van der Waals surface area contributed by atoms with Gasteiger partial charge >= 0.3 is 0 Å². The van der Waals surface area contributed by atoms with Crippen LogP contribution in [-0.2, 0) is 6.42 Å². The van der Waals surface area contributed by atoms with E-state index in [0.717, 1.165) is 12.8 Å². The topological polar surface area (TPSA) is 12.0 Å². The van der Waals surface area contributed by atoms with Gasteiger partial charge in [-0.25, -0.2) is 4.39 Å². The number of benzene rings is 1. The average Bonchev–Trinajstić information content (AvgIpc) is 2.86. The molecule has 1 nitrogen and oxygen atoms in total. The van der Waals surface area contributed by atoms with Gasteiger partial charge in [0.05, 0.1) is 0 Å². The van der Waals surface area contributed by atoms with E-state index in [4.69, 9.17) is 11.6 Å². The monoisotopic (exact) mass is 283 g/mol. The molecule has 0 saturated heterocycles. The molecule has 1 atom stereocenters. The van der Waals surface area contributed by atoms with Crippen molar-refractivity contribution in [3.8, 4) is 0 Å². The van der Waals surface area contributed by atoms with Gasteiger partial charge in [0, 0.05) is 21.5 Å². The second-order valence-corrected chi connectivity index (χ2v) is 5.53. The molecule has 0 aliphatic heterocycles. The molecule has 96 valence electrons. The molecule has 1 N–H and O–H groups in total. The van der Waals surface area contributed by atoms with E-state index in [-0.39, 0.29) is 11.9 Å². The van der Waals surface area contributed by atoms with E-state index in [9.17, 15) is 4.39 Å². The van der Waals surface area contributed by atoms with Gasteiger partial charge in [-0.1, -0.05) is 23.7 Å². The molecule has 0 radical (unpaired) electrons. The Morgan fingerprint density at radius 2 is 2.17 bits per heavy atom. The summed E-state index contributed by atoms with van der Waals surface area (Å²) in [5.41, 5.74) is 0.568. The molecule has 1 heterocycles. The van der Waals surface area contributed by atoms with Crippen molar-refractivity contribution in [2.24, 2.45) is 0 Å². The maximum absolute atomic E-state index is 13.8. The first kappa shape index (κ1) is 13.5. The Morgan fingerprint density at radius 3 is 2.78 bits per heavy atom. The molecule has 0 saturated carbocycles. The molecule has 0 aliphatic carbocycles. The van der Waals surface area contributed by atoms with Crippen molar-refractivity contribution >= 4 is 22.9 Å². The van der Waals surface area contributed by atoms with Gasteiger partial charge < -0.3 is 5.32 Å². The molecule has 1 aromatic carbocycles. The van der Waals surface area contributed by atoms with E-state index in [2.05, 4.69) is 16.8 Å². The Balaban J connectivity index is 2.13. The van der Waals surface area contributed by atoms with Crippen LogP contribution < -0.4 is 5.32 Å². The zero-order valence-electron chi connectivity index (χ0n) is 10.1. The smallest absolute Gasteiger partial charge is 0.129 e. The molecule has 0 fully saturated rings. The molecule has 2 rings (SSSR count). The largest absolute Gasteiger partial charge is 0.313 e. The predicted octanol–water partition coefficient (Wildman–Crippen LogP) is 4.43. The zero-order chi connectivity index (χ0) is 13.0. The summed E-state index contributed by atoms with van der Waals surface area (Å²) in [6.07, 6.45) is 1.76. The van der Waals surface area contributed by atoms with Gasteiger partial charge in [0.25, 0.3) is 0 Å². The number of thiophene rings is 1. The summed E-state index contributed by atoms with van der Waals surface area (Å²) in [4.78, 5) is 1.31. The summed E-state index contributed by atoms with van der Waals surface area (Å²) in [5, 5.41) is 5.68. The fourth-order valence-electron chi connectivity index (χ4n) is 2.02. The van der Waals surface area contributed by atoms with Crippen molar-refractivity contribution in [1.29, 1.82) is 0 Å². The molecule has 0 amide bonds. The Bertz CT molecular complexity index is 478. The lowest BCUT2D eigenvalue weighted by molar-refractivity contribution is 0.510. The molecule has 4 heteroatoms. The maximum atomic E-state index is 13.8. The van der Waals surface area contributed by atoms with Crippen LogP contribution in [0.1, 0.15) is 22.9 Å². The maximum Gasteiger partial charge on any atom is 0.129 e. The second kappa shape index (κ2) is 6.32. The standard InChI is InChI=1S/C14H15ClFNS/c1-17-13(8-7-10-4-3-9-18-10)14-11(15)5-2-6-12(14)16/h2-6,9,13,17H,7-8H2,1H3. The van der Waals surface area contributed by atoms with Crippen molar-refractivity contribution in [2.45, 2.75) is 18.9 Å². The van der Waals surface area contributed by atoms with Crippen molar-refractivity contribution in [3.63, 3.8) is 0 Å². The summed E-state index contributed by atoms with van der Waals surface area (Å²) in [6.45, 7) is 0. The van der Waals surface area contributed by atoms with Crippen LogP contribution in [0.5, 0.6) is 0 Å². The molecule has 1 unspecified atom stereocenters. The highest BCUT2D eigenvalue weighted by atomic mass is 35.5. The molecular weight excluding hydrogens is 269 g/mol. The van der Waals surface area contributed by atoms with Gasteiger partial charge in [-0.3, -0.25) is 0 Å². The van der Waals surface area contributed by atoms with Crippen LogP contribution in [0, 0.1) is 5.82 Å². The van der Waals surface area contributed by atoms with E-state index in [1.165, 1.54) is 10.9 Å². The van der Waals surface area contributed by atoms with E-state index in [1.54, 1.807) is 23.5 Å². The van der Waals surface area contributed by atoms with Gasteiger partial charge in [-0.15, -0.1) is 11.3 Å². The number of aryl methyl sites for hydroxylation is 1. The molecule has 18 heavy (non-hydrogen) atoms. The highest BCUT2D eigenvalue weighted by Crippen LogP contribution is 2.29. The number of hydrogen-bond donors (Lipinski definition) is 1. The molecule has 1 aromatic heterocycles. The first-order valence-corrected chi connectivity index (χ1v) is 7.11. The third-order valence-electron chi connectivity index (χ3n) is 2.96. The Morgan fingerprint density at radius 1 is 1.33 bits per heavy atom. The predicted molar refractivity (Wildman–Crippen MR) is 75.9 cm³/mol. The highest BCUT2D eigenvalue weighted by Gasteiger charge is 2.17. The lowest BCUT2D eigenvalue weighted by atomic mass is 10.0. The molecular formula is C14H15ClFNS. The zero-order valence-corrected chi connectivity index (χ0v) is 11.7. The van der Waals surface area contributed by atoms with Gasteiger partial charge in [0.15, 0.2) is 0 Å². The van der Waals surface area contributed by atoms with Crippen molar-refractivity contribution in [2.75, 3.05) is 7.05 Å². The molecule has 0 spiro atoms. The molecule has 0 bridgehead atoms. The summed E-state index contributed by atoms with van der Waals surface area (Å²) < 4.78 is 13.8. The fourth-order valence-corrected chi connectivity index (χ4v) is 3.04. The SMILES string of the molecule is CNC(CCc1cccs1)c1c(F)cccc1Cl. The molecule has 2 aromatic rings. The van der Waals surface area contributed by atoms with Gasteiger partial charge in [-0.2, -0.15) is 0 Å². The van der Waals surface area contributed by atoms with Crippen LogP contribution in [-0.4, -0.2) is 7.05 Å². The van der Waals surface area contributed by atoms with Gasteiger partial charge in [0.2, 0.25) is 0 Å². The van der Waals surface area contributed by atoms with Crippen LogP contribution in [0.3, 0.4) is 0 Å². The van der Waals surface area contributed by atoms with Crippen LogP contribution in [0.4, 0.5) is 4.39 Å². The van der Waals surface area contributed by atoms with E-state index in [0.29, 0.717) is 10.6 Å². The summed E-state index contributed by atoms with van der Waals surface area (Å²) in [7, 11) is 1.84. The van der Waals surface area contributed by atoms with E-state index in [1.807, 2.05) is 13.1 Å². The number of halogens is 2. The summed E-state index contributed by atoms with van der Waals surface area (Å²) in [5.74, 6) is -0.243. The van der Waals surface area contributed by atoms with E-state index >= 15 is 0 Å². The minimum atomic E-state index is -0.243. The Labute approximate surface area is 116 Å². The van der Waals surface area contributed by atoms with Crippen LogP contribution in [0.25, 0.3) is 0 Å². The third-order valence-corrected chi connectivity index (χ3v) is 4.22. The van der Waals surface area contributed by atoms with Crippen LogP contribution in [0.15, 0.2) is 35.7 Å². The first-order valence-electron chi connectivity index (χ1n) is 5.86. The van der Waals surface area contributed by atoms with Crippen molar-refractivity contribution < 1.29 is 4.39 Å². The minimum absolute atomic E-state index is 0.0548. The summed E-state index contributed by atoms with van der Waals surface area (Å²) >= 11 is 7.81. The first-order chi connectivity index (χ1) is 8.72. The lowest BCUT2D eigenvalue weighted by Crippen LogP contribution is -2.18. The van der Waals surface area contributed by atoms with E-state index < -0.39 is 0 Å². The van der Waals surface area contributed by atoms with Crippen LogP contribution >= 0.6 is 22.9 Å². The normalized spacial score (nSPS) is 12.6. The summed E-state index contributed by atoms with van der Waals surface area (Å²) in [6, 6.07) is 8.89. The number of hydrogen-bond acceptors (Lipinski definition) is 2. The second-order valence-electron chi connectivity index (χ2n) is 4.09. The van der Waals surface area contributed by atoms with Gasteiger partial charge in [0.1, 0.15) is 5.82 Å². The Hall–Kier alpha value is -0.900. The third kappa shape index (κ3) is 3.10. The lowest BCUT2D eigenvalue weighted by Gasteiger charge is -2.18. The van der Waals surface area contributed by atoms with Crippen molar-refractivity contribution in [3.05, 3.63) is 57.0 Å².